The summed E-state index contributed by atoms with van der Waals surface area (Å²) >= 11 is 0. The maximum atomic E-state index is 5.24. The van der Waals surface area contributed by atoms with E-state index >= 15 is 0 Å². The second-order valence-electron chi connectivity index (χ2n) is 2.94. The zero-order chi connectivity index (χ0) is 6.16. The largest absolute Gasteiger partial charge is 0.381 e. The van der Waals surface area contributed by atoms with E-state index in [9.17, 15) is 0 Å². The first-order valence-corrected chi connectivity index (χ1v) is 3.50. The van der Waals surface area contributed by atoms with Gasteiger partial charge in [-0.3, -0.25) is 4.99 Å². The van der Waals surface area contributed by atoms with Crippen LogP contribution in [0.1, 0.15) is 12.8 Å². The Balaban J connectivity index is 2.02. The fourth-order valence-electron chi connectivity index (χ4n) is 1.41. The van der Waals surface area contributed by atoms with Crippen molar-refractivity contribution in [3.05, 3.63) is 0 Å². The molecule has 9 heavy (non-hydrogen) atoms. The van der Waals surface area contributed by atoms with Gasteiger partial charge in [0.25, 0.3) is 0 Å². The van der Waals surface area contributed by atoms with Gasteiger partial charge >= 0.3 is 0 Å². The van der Waals surface area contributed by atoms with Crippen molar-refractivity contribution in [2.45, 2.75) is 12.8 Å². The second-order valence-corrected chi connectivity index (χ2v) is 2.94. The fraction of sp³-hybridized carbons (Fsp3) is 0.857. The molecule has 2 aliphatic rings. The monoisotopic (exact) mass is 125 g/mol. The van der Waals surface area contributed by atoms with Gasteiger partial charge in [-0.25, -0.2) is 0 Å². The van der Waals surface area contributed by atoms with Crippen molar-refractivity contribution >= 4 is 6.21 Å². The van der Waals surface area contributed by atoms with Gasteiger partial charge in [0.15, 0.2) is 0 Å². The average molecular weight is 125 g/mol. The summed E-state index contributed by atoms with van der Waals surface area (Å²) in [6, 6.07) is 0. The van der Waals surface area contributed by atoms with Crippen LogP contribution in [0.3, 0.4) is 0 Å². The number of hydrogen-bond donors (Lipinski definition) is 0. The number of hydrogen-bond acceptors (Lipinski definition) is 2. The molecule has 2 aliphatic heterocycles. The van der Waals surface area contributed by atoms with Gasteiger partial charge in [0.1, 0.15) is 0 Å². The van der Waals surface area contributed by atoms with Crippen molar-refractivity contribution in [2.75, 3.05) is 19.8 Å². The van der Waals surface area contributed by atoms with Gasteiger partial charge in [-0.2, -0.15) is 0 Å². The molecule has 0 aliphatic carbocycles. The summed E-state index contributed by atoms with van der Waals surface area (Å²) < 4.78 is 5.24. The van der Waals surface area contributed by atoms with Crippen LogP contribution in [0.5, 0.6) is 0 Å². The van der Waals surface area contributed by atoms with Crippen molar-refractivity contribution < 1.29 is 4.74 Å². The van der Waals surface area contributed by atoms with E-state index in [0.29, 0.717) is 5.41 Å². The first-order chi connectivity index (χ1) is 4.41. The summed E-state index contributed by atoms with van der Waals surface area (Å²) in [6.45, 7) is 2.92. The zero-order valence-corrected chi connectivity index (χ0v) is 5.47. The molecule has 0 saturated carbocycles. The van der Waals surface area contributed by atoms with Crippen LogP contribution in [-0.4, -0.2) is 26.0 Å². The lowest BCUT2D eigenvalue weighted by Crippen LogP contribution is -2.39. The molecule has 2 heteroatoms. The number of nitrogens with zero attached hydrogens (tertiary/aromatic N) is 1. The molecule has 0 atom stereocenters. The predicted octanol–water partition coefficient (Wildman–Crippen LogP) is 0.868. The maximum Gasteiger partial charge on any atom is 0.0493 e. The lowest BCUT2D eigenvalue weighted by atomic mass is 9.78. The van der Waals surface area contributed by atoms with E-state index in [0.717, 1.165) is 19.8 Å². The highest BCUT2D eigenvalue weighted by molar-refractivity contribution is 5.71. The Bertz CT molecular complexity index is 136. The summed E-state index contributed by atoms with van der Waals surface area (Å²) in [5.74, 6) is 0. The Morgan fingerprint density at radius 2 is 2.00 bits per heavy atom. The average Bonchev–Trinajstić information content (AvgIpc) is 1.87. The van der Waals surface area contributed by atoms with Gasteiger partial charge in [-0.15, -0.1) is 0 Å². The Hall–Kier alpha value is -0.370. The van der Waals surface area contributed by atoms with Crippen molar-refractivity contribution in [2.24, 2.45) is 10.4 Å². The normalized spacial score (nSPS) is 30.2. The lowest BCUT2D eigenvalue weighted by Gasteiger charge is -2.37. The van der Waals surface area contributed by atoms with Crippen LogP contribution in [0, 0.1) is 5.41 Å². The summed E-state index contributed by atoms with van der Waals surface area (Å²) in [6.07, 6.45) is 4.49. The molecule has 0 radical (unpaired) electrons. The van der Waals surface area contributed by atoms with Crippen LogP contribution in [0.4, 0.5) is 0 Å². The number of ether oxygens (including phenoxy) is 1. The van der Waals surface area contributed by atoms with Crippen LogP contribution < -0.4 is 0 Å². The highest BCUT2D eigenvalue weighted by atomic mass is 16.5. The predicted molar refractivity (Wildman–Crippen MR) is 35.8 cm³/mol. The molecular weight excluding hydrogens is 114 g/mol. The third-order valence-electron chi connectivity index (χ3n) is 2.26. The minimum atomic E-state index is 0.484. The quantitative estimate of drug-likeness (QED) is 0.470. The van der Waals surface area contributed by atoms with Crippen molar-refractivity contribution in [3.63, 3.8) is 0 Å². The molecule has 0 amide bonds. The van der Waals surface area contributed by atoms with Gasteiger partial charge in [0, 0.05) is 31.4 Å². The van der Waals surface area contributed by atoms with E-state index in [1.807, 2.05) is 0 Å². The van der Waals surface area contributed by atoms with E-state index in [4.69, 9.17) is 4.74 Å². The van der Waals surface area contributed by atoms with E-state index in [1.165, 1.54) is 12.8 Å². The van der Waals surface area contributed by atoms with Crippen LogP contribution in [0.15, 0.2) is 4.99 Å². The fourth-order valence-corrected chi connectivity index (χ4v) is 1.41. The van der Waals surface area contributed by atoms with Gasteiger partial charge < -0.3 is 4.74 Å². The van der Waals surface area contributed by atoms with Crippen molar-refractivity contribution in [3.8, 4) is 0 Å². The van der Waals surface area contributed by atoms with E-state index in [-0.39, 0.29) is 0 Å². The maximum absolute atomic E-state index is 5.24. The molecule has 2 heterocycles. The molecule has 1 fully saturated rings. The van der Waals surface area contributed by atoms with Crippen molar-refractivity contribution in [1.82, 2.24) is 0 Å². The SMILES string of the molecule is C1=NCC12CCOCC2. The highest BCUT2D eigenvalue weighted by Gasteiger charge is 2.34. The highest BCUT2D eigenvalue weighted by Crippen LogP contribution is 2.33. The van der Waals surface area contributed by atoms with Crippen LogP contribution in [0.25, 0.3) is 0 Å². The summed E-state index contributed by atoms with van der Waals surface area (Å²) in [5.41, 5.74) is 0.484. The zero-order valence-electron chi connectivity index (χ0n) is 5.47. The molecule has 2 nitrogen and oxygen atoms in total. The van der Waals surface area contributed by atoms with Crippen LogP contribution in [0.2, 0.25) is 0 Å². The van der Waals surface area contributed by atoms with Gasteiger partial charge in [0.05, 0.1) is 0 Å². The Morgan fingerprint density at radius 3 is 2.33 bits per heavy atom. The van der Waals surface area contributed by atoms with Gasteiger partial charge in [0.2, 0.25) is 0 Å². The molecule has 0 unspecified atom stereocenters. The Kier molecular flexibility index (Phi) is 1.09. The molecule has 2 rings (SSSR count). The molecule has 1 spiro atoms. The molecule has 0 N–H and O–H groups in total. The van der Waals surface area contributed by atoms with E-state index < -0.39 is 0 Å². The third-order valence-corrected chi connectivity index (χ3v) is 2.26. The molecule has 0 aromatic rings. The first kappa shape index (κ1) is 5.42. The standard InChI is InChI=1S/C7H11NO/c1-3-9-4-2-7(1)5-8-6-7/h5H,1-4,6H2. The van der Waals surface area contributed by atoms with Gasteiger partial charge in [-0.05, 0) is 12.8 Å². The first-order valence-electron chi connectivity index (χ1n) is 3.50. The lowest BCUT2D eigenvalue weighted by molar-refractivity contribution is 0.0450. The molecule has 0 aromatic carbocycles. The van der Waals surface area contributed by atoms with E-state index in [1.54, 1.807) is 0 Å². The molecule has 0 aromatic heterocycles. The molecular formula is C7H11NO. The molecule has 0 bridgehead atoms. The summed E-state index contributed by atoms with van der Waals surface area (Å²) in [5, 5.41) is 0. The number of rotatable bonds is 0. The summed E-state index contributed by atoms with van der Waals surface area (Å²) in [4.78, 5) is 4.11. The van der Waals surface area contributed by atoms with Crippen molar-refractivity contribution in [1.29, 1.82) is 0 Å². The van der Waals surface area contributed by atoms with Crippen LogP contribution in [-0.2, 0) is 4.74 Å². The van der Waals surface area contributed by atoms with Crippen LogP contribution >= 0.6 is 0 Å². The Morgan fingerprint density at radius 1 is 1.33 bits per heavy atom. The van der Waals surface area contributed by atoms with E-state index in [2.05, 4.69) is 11.2 Å². The topological polar surface area (TPSA) is 21.6 Å². The van der Waals surface area contributed by atoms with Gasteiger partial charge in [-0.1, -0.05) is 0 Å². The second kappa shape index (κ2) is 1.81. The minimum Gasteiger partial charge on any atom is -0.381 e. The molecule has 50 valence electrons. The molecule has 1 saturated heterocycles. The third kappa shape index (κ3) is 0.778. The smallest absolute Gasteiger partial charge is 0.0493 e. The number of aliphatic imine (C=N–C) groups is 1. The minimum absolute atomic E-state index is 0.484. The summed E-state index contributed by atoms with van der Waals surface area (Å²) in [7, 11) is 0. The Labute approximate surface area is 54.9 Å².